The van der Waals surface area contributed by atoms with Crippen LogP contribution in [0, 0.1) is 0 Å². The van der Waals surface area contributed by atoms with Crippen molar-refractivity contribution in [3.05, 3.63) is 29.8 Å². The Morgan fingerprint density at radius 1 is 1.26 bits per heavy atom. The van der Waals surface area contributed by atoms with Crippen LogP contribution < -0.4 is 10.1 Å². The van der Waals surface area contributed by atoms with E-state index in [9.17, 15) is 8.78 Å². The summed E-state index contributed by atoms with van der Waals surface area (Å²) in [6, 6.07) is 6.72. The fourth-order valence-corrected chi connectivity index (χ4v) is 1.73. The number of ether oxygens (including phenoxy) is 2. The van der Waals surface area contributed by atoms with Crippen LogP contribution in [0.4, 0.5) is 8.78 Å². The van der Waals surface area contributed by atoms with Gasteiger partial charge in [-0.15, -0.1) is 0 Å². The second-order valence-corrected chi connectivity index (χ2v) is 4.12. The Morgan fingerprint density at radius 3 is 2.68 bits per heavy atom. The van der Waals surface area contributed by atoms with Crippen molar-refractivity contribution < 1.29 is 18.3 Å². The largest absolute Gasteiger partial charge is 0.435 e. The lowest BCUT2D eigenvalue weighted by molar-refractivity contribution is -0.0499. The Hall–Kier alpha value is -1.20. The van der Waals surface area contributed by atoms with Gasteiger partial charge in [0.1, 0.15) is 5.75 Å². The van der Waals surface area contributed by atoms with Gasteiger partial charge in [0.2, 0.25) is 0 Å². The van der Waals surface area contributed by atoms with Gasteiger partial charge in [-0.05, 0) is 37.6 Å². The molecule has 3 nitrogen and oxygen atoms in total. The molecule has 5 heteroatoms. The van der Waals surface area contributed by atoms with Gasteiger partial charge in [0.25, 0.3) is 0 Å². The fraction of sp³-hybridized carbons (Fsp3) is 0.571. The van der Waals surface area contributed by atoms with Crippen molar-refractivity contribution in [3.63, 3.8) is 0 Å². The molecule has 0 saturated heterocycles. The van der Waals surface area contributed by atoms with Crippen LogP contribution in [0.3, 0.4) is 0 Å². The van der Waals surface area contributed by atoms with Crippen molar-refractivity contribution in [2.45, 2.75) is 32.9 Å². The summed E-state index contributed by atoms with van der Waals surface area (Å²) in [5, 5.41) is 3.33. The molecular weight excluding hydrogens is 252 g/mol. The molecule has 1 atom stereocenters. The van der Waals surface area contributed by atoms with E-state index >= 15 is 0 Å². The highest BCUT2D eigenvalue weighted by Crippen LogP contribution is 2.21. The first-order valence-electron chi connectivity index (χ1n) is 6.53. The van der Waals surface area contributed by atoms with E-state index in [1.54, 1.807) is 12.1 Å². The van der Waals surface area contributed by atoms with E-state index in [0.717, 1.165) is 18.5 Å². The van der Waals surface area contributed by atoms with Gasteiger partial charge in [0, 0.05) is 6.61 Å². The molecule has 1 rings (SSSR count). The molecule has 1 aromatic rings. The van der Waals surface area contributed by atoms with Crippen LogP contribution >= 0.6 is 0 Å². The summed E-state index contributed by atoms with van der Waals surface area (Å²) < 4.78 is 34.2. The molecule has 0 aliphatic rings. The number of halogens is 2. The number of nitrogens with one attached hydrogen (secondary N) is 1. The number of benzene rings is 1. The normalized spacial score (nSPS) is 12.7. The molecule has 1 aromatic carbocycles. The molecule has 0 heterocycles. The molecule has 0 fully saturated rings. The fourth-order valence-electron chi connectivity index (χ4n) is 1.73. The Morgan fingerprint density at radius 2 is 2.05 bits per heavy atom. The zero-order valence-electron chi connectivity index (χ0n) is 11.4. The van der Waals surface area contributed by atoms with E-state index in [0.29, 0.717) is 13.2 Å². The van der Waals surface area contributed by atoms with E-state index in [2.05, 4.69) is 17.0 Å². The van der Waals surface area contributed by atoms with Crippen molar-refractivity contribution in [1.82, 2.24) is 5.32 Å². The highest BCUT2D eigenvalue weighted by molar-refractivity contribution is 5.30. The van der Waals surface area contributed by atoms with Crippen LogP contribution in [0.25, 0.3) is 0 Å². The molecule has 1 N–H and O–H groups in total. The maximum atomic E-state index is 12.2. The summed E-state index contributed by atoms with van der Waals surface area (Å²) in [7, 11) is 0. The van der Waals surface area contributed by atoms with E-state index in [4.69, 9.17) is 4.74 Å². The van der Waals surface area contributed by atoms with Crippen molar-refractivity contribution in [1.29, 1.82) is 0 Å². The number of alkyl halides is 2. The van der Waals surface area contributed by atoms with Crippen LogP contribution in [0.2, 0.25) is 0 Å². The van der Waals surface area contributed by atoms with Crippen molar-refractivity contribution in [2.75, 3.05) is 19.8 Å². The molecular formula is C14H21F2NO2. The van der Waals surface area contributed by atoms with Crippen molar-refractivity contribution in [2.24, 2.45) is 0 Å². The highest BCUT2D eigenvalue weighted by atomic mass is 19.3. The lowest BCUT2D eigenvalue weighted by atomic mass is 10.1. The second-order valence-electron chi connectivity index (χ2n) is 4.12. The standard InChI is InChI=1S/C14H21F2NO2/c1-3-8-17-13(10-18-4-2)11-6-5-7-12(9-11)19-14(15)16/h5-7,9,13-14,17H,3-4,8,10H2,1-2H3. The molecule has 0 spiro atoms. The molecule has 0 radical (unpaired) electrons. The molecule has 1 unspecified atom stereocenters. The summed E-state index contributed by atoms with van der Waals surface area (Å²) in [5.41, 5.74) is 0.889. The second kappa shape index (κ2) is 8.82. The summed E-state index contributed by atoms with van der Waals surface area (Å²) in [4.78, 5) is 0. The molecule has 0 aromatic heterocycles. The van der Waals surface area contributed by atoms with Gasteiger partial charge in [0.15, 0.2) is 0 Å². The van der Waals surface area contributed by atoms with Crippen LogP contribution in [0.5, 0.6) is 5.75 Å². The zero-order chi connectivity index (χ0) is 14.1. The Balaban J connectivity index is 2.75. The number of hydrogen-bond donors (Lipinski definition) is 1. The molecule has 0 aliphatic carbocycles. The smallest absolute Gasteiger partial charge is 0.387 e. The SMILES string of the molecule is CCCNC(COCC)c1cccc(OC(F)F)c1. The quantitative estimate of drug-likeness (QED) is 0.748. The average Bonchev–Trinajstić information content (AvgIpc) is 2.38. The average molecular weight is 273 g/mol. The van der Waals surface area contributed by atoms with Gasteiger partial charge < -0.3 is 14.8 Å². The first-order chi connectivity index (χ1) is 9.17. The van der Waals surface area contributed by atoms with E-state index in [1.807, 2.05) is 13.0 Å². The zero-order valence-corrected chi connectivity index (χ0v) is 11.4. The van der Waals surface area contributed by atoms with Gasteiger partial charge >= 0.3 is 6.61 Å². The minimum absolute atomic E-state index is 0.0128. The first kappa shape index (κ1) is 15.9. The van der Waals surface area contributed by atoms with Crippen LogP contribution in [0.15, 0.2) is 24.3 Å². The van der Waals surface area contributed by atoms with Gasteiger partial charge in [0.05, 0.1) is 12.6 Å². The minimum Gasteiger partial charge on any atom is -0.435 e. The monoisotopic (exact) mass is 273 g/mol. The predicted octanol–water partition coefficient (Wildman–Crippen LogP) is 3.37. The van der Waals surface area contributed by atoms with Crippen molar-refractivity contribution >= 4 is 0 Å². The summed E-state index contributed by atoms with van der Waals surface area (Å²) in [5.74, 6) is 0.173. The Bertz CT molecular complexity index is 353. The molecule has 0 saturated carbocycles. The lowest BCUT2D eigenvalue weighted by Crippen LogP contribution is -2.26. The van der Waals surface area contributed by atoms with E-state index in [1.165, 1.54) is 6.07 Å². The van der Waals surface area contributed by atoms with Crippen LogP contribution in [-0.2, 0) is 4.74 Å². The molecule has 0 aliphatic heterocycles. The lowest BCUT2D eigenvalue weighted by Gasteiger charge is -2.19. The molecule has 0 bridgehead atoms. The first-order valence-corrected chi connectivity index (χ1v) is 6.53. The topological polar surface area (TPSA) is 30.5 Å². The number of rotatable bonds is 9. The predicted molar refractivity (Wildman–Crippen MR) is 70.6 cm³/mol. The third-order valence-corrected chi connectivity index (χ3v) is 2.62. The van der Waals surface area contributed by atoms with Crippen LogP contribution in [0.1, 0.15) is 31.9 Å². The Labute approximate surface area is 112 Å². The molecule has 19 heavy (non-hydrogen) atoms. The summed E-state index contributed by atoms with van der Waals surface area (Å²) >= 11 is 0. The summed E-state index contributed by atoms with van der Waals surface area (Å²) in [6.07, 6.45) is 0.996. The summed E-state index contributed by atoms with van der Waals surface area (Å²) in [6.45, 7) is 3.17. The van der Waals surface area contributed by atoms with Gasteiger partial charge in [-0.1, -0.05) is 19.1 Å². The highest BCUT2D eigenvalue weighted by Gasteiger charge is 2.12. The third kappa shape index (κ3) is 5.98. The molecule has 108 valence electrons. The van der Waals surface area contributed by atoms with E-state index < -0.39 is 6.61 Å². The van der Waals surface area contributed by atoms with Gasteiger partial charge in [-0.25, -0.2) is 0 Å². The minimum atomic E-state index is -2.80. The number of hydrogen-bond acceptors (Lipinski definition) is 3. The maximum Gasteiger partial charge on any atom is 0.387 e. The van der Waals surface area contributed by atoms with Gasteiger partial charge in [-0.2, -0.15) is 8.78 Å². The molecule has 0 amide bonds. The van der Waals surface area contributed by atoms with E-state index in [-0.39, 0.29) is 11.8 Å². The maximum absolute atomic E-state index is 12.2. The van der Waals surface area contributed by atoms with Crippen LogP contribution in [-0.4, -0.2) is 26.4 Å². The third-order valence-electron chi connectivity index (χ3n) is 2.62. The van der Waals surface area contributed by atoms with Crippen molar-refractivity contribution in [3.8, 4) is 5.75 Å². The van der Waals surface area contributed by atoms with Gasteiger partial charge in [-0.3, -0.25) is 0 Å². The Kier molecular flexibility index (Phi) is 7.36.